The van der Waals surface area contributed by atoms with Gasteiger partial charge in [0.05, 0.1) is 11.6 Å². The maximum Gasteiger partial charge on any atom is 0.282 e. The third-order valence-electron chi connectivity index (χ3n) is 5.16. The second-order valence-electron chi connectivity index (χ2n) is 7.10. The van der Waals surface area contributed by atoms with Crippen LogP contribution in [0, 0.1) is 34.6 Å². The Hall–Kier alpha value is -2.99. The van der Waals surface area contributed by atoms with Crippen molar-refractivity contribution in [1.29, 1.82) is 0 Å². The van der Waals surface area contributed by atoms with Gasteiger partial charge in [0.2, 0.25) is 0 Å². The minimum atomic E-state index is -0.129. The lowest BCUT2D eigenvalue weighted by atomic mass is 10.2. The van der Waals surface area contributed by atoms with Gasteiger partial charge in [-0.1, -0.05) is 17.7 Å². The van der Waals surface area contributed by atoms with Gasteiger partial charge in [-0.2, -0.15) is 9.78 Å². The zero-order chi connectivity index (χ0) is 20.0. The summed E-state index contributed by atoms with van der Waals surface area (Å²) in [7, 11) is 0. The van der Waals surface area contributed by atoms with E-state index in [1.807, 2.05) is 13.8 Å². The van der Waals surface area contributed by atoms with Crippen LogP contribution in [0.3, 0.4) is 0 Å². The second kappa shape index (κ2) is 6.87. The maximum atomic E-state index is 12.8. The molecule has 28 heavy (non-hydrogen) atoms. The number of hydrogen-bond acceptors (Lipinski definition) is 4. The fourth-order valence-corrected chi connectivity index (χ4v) is 4.43. The first-order chi connectivity index (χ1) is 13.4. The Balaban J connectivity index is 1.75. The molecule has 0 aliphatic heterocycles. The molecule has 6 heteroatoms. The molecule has 0 N–H and O–H groups in total. The highest BCUT2D eigenvalue weighted by atomic mass is 32.1. The van der Waals surface area contributed by atoms with E-state index in [2.05, 4.69) is 65.8 Å². The summed E-state index contributed by atoms with van der Waals surface area (Å²) in [4.78, 5) is 19.1. The third-order valence-corrected chi connectivity index (χ3v) is 6.27. The van der Waals surface area contributed by atoms with Crippen molar-refractivity contribution in [2.75, 3.05) is 0 Å². The lowest BCUT2D eigenvalue weighted by Crippen LogP contribution is -2.17. The van der Waals surface area contributed by atoms with Gasteiger partial charge >= 0.3 is 0 Å². The number of rotatable bonds is 3. The van der Waals surface area contributed by atoms with Crippen molar-refractivity contribution in [3.05, 3.63) is 80.0 Å². The predicted molar refractivity (Wildman–Crippen MR) is 116 cm³/mol. The molecule has 4 aromatic rings. The summed E-state index contributed by atoms with van der Waals surface area (Å²) < 4.78 is 3.51. The highest BCUT2D eigenvalue weighted by molar-refractivity contribution is 7.18. The van der Waals surface area contributed by atoms with Crippen molar-refractivity contribution < 1.29 is 0 Å². The summed E-state index contributed by atoms with van der Waals surface area (Å²) in [5.74, 6) is 0. The van der Waals surface area contributed by atoms with E-state index in [0.717, 1.165) is 37.9 Å². The molecule has 4 rings (SSSR count). The topological polar surface area (TPSA) is 52.2 Å². The van der Waals surface area contributed by atoms with E-state index < -0.39 is 0 Å². The maximum absolute atomic E-state index is 12.8. The van der Waals surface area contributed by atoms with Crippen molar-refractivity contribution >= 4 is 27.8 Å². The van der Waals surface area contributed by atoms with Crippen molar-refractivity contribution in [2.24, 2.45) is 5.10 Å². The smallest absolute Gasteiger partial charge is 0.282 e. The highest BCUT2D eigenvalue weighted by Gasteiger charge is 2.12. The number of benzene rings is 1. The van der Waals surface area contributed by atoms with Crippen LogP contribution in [-0.4, -0.2) is 20.4 Å². The van der Waals surface area contributed by atoms with Gasteiger partial charge in [0.1, 0.15) is 11.2 Å². The van der Waals surface area contributed by atoms with Gasteiger partial charge in [-0.15, -0.1) is 11.3 Å². The first-order valence-electron chi connectivity index (χ1n) is 9.14. The van der Waals surface area contributed by atoms with E-state index in [9.17, 15) is 4.79 Å². The molecule has 0 bridgehead atoms. The number of fused-ring (bicyclic) bond motifs is 1. The Morgan fingerprint density at radius 3 is 2.50 bits per heavy atom. The van der Waals surface area contributed by atoms with Gasteiger partial charge in [-0.3, -0.25) is 4.79 Å². The van der Waals surface area contributed by atoms with E-state index in [1.54, 1.807) is 17.6 Å². The summed E-state index contributed by atoms with van der Waals surface area (Å²) in [5.41, 5.74) is 6.38. The fourth-order valence-electron chi connectivity index (χ4n) is 3.44. The van der Waals surface area contributed by atoms with Crippen molar-refractivity contribution in [1.82, 2.24) is 14.2 Å². The zero-order valence-corrected chi connectivity index (χ0v) is 17.5. The Morgan fingerprint density at radius 1 is 1.07 bits per heavy atom. The molecule has 0 atom stereocenters. The average Bonchev–Trinajstić information content (AvgIpc) is 3.11. The number of nitrogens with zero attached hydrogens (tertiary/aromatic N) is 4. The molecule has 0 radical (unpaired) electrons. The summed E-state index contributed by atoms with van der Waals surface area (Å²) in [6.45, 7) is 10.2. The van der Waals surface area contributed by atoms with Gasteiger partial charge in [0, 0.05) is 27.5 Å². The van der Waals surface area contributed by atoms with Crippen LogP contribution in [0.2, 0.25) is 0 Å². The van der Waals surface area contributed by atoms with Crippen molar-refractivity contribution in [3.8, 4) is 5.69 Å². The zero-order valence-electron chi connectivity index (χ0n) is 16.6. The molecule has 0 saturated heterocycles. The number of aryl methyl sites for hydroxylation is 4. The largest absolute Gasteiger partial charge is 0.318 e. The number of aromatic nitrogens is 3. The number of hydrogen-bond donors (Lipinski definition) is 0. The van der Waals surface area contributed by atoms with Crippen LogP contribution in [-0.2, 0) is 0 Å². The van der Waals surface area contributed by atoms with E-state index in [-0.39, 0.29) is 5.56 Å². The molecule has 0 aliphatic rings. The molecule has 0 fully saturated rings. The standard InChI is InChI=1S/C22H22N4OS/c1-13-6-8-19(9-7-13)26-14(2)10-18(16(26)4)11-24-25-12-23-21-20(22(25)27)15(3)17(5)28-21/h6-12H,1-5H3. The van der Waals surface area contributed by atoms with Gasteiger partial charge in [0.15, 0.2) is 0 Å². The third kappa shape index (κ3) is 2.99. The molecule has 0 saturated carbocycles. The average molecular weight is 391 g/mol. The van der Waals surface area contributed by atoms with Crippen molar-refractivity contribution in [3.63, 3.8) is 0 Å². The Kier molecular flexibility index (Phi) is 4.51. The molecular formula is C22H22N4OS. The molecule has 0 aliphatic carbocycles. The Bertz CT molecular complexity index is 1270. The second-order valence-corrected chi connectivity index (χ2v) is 8.30. The van der Waals surface area contributed by atoms with Crippen LogP contribution < -0.4 is 5.56 Å². The minimum absolute atomic E-state index is 0.129. The van der Waals surface area contributed by atoms with E-state index in [0.29, 0.717) is 5.39 Å². The first kappa shape index (κ1) is 18.4. The van der Waals surface area contributed by atoms with Crippen LogP contribution in [0.1, 0.15) is 33.0 Å². The molecule has 1 aromatic carbocycles. The van der Waals surface area contributed by atoms with Crippen LogP contribution in [0.5, 0.6) is 0 Å². The Morgan fingerprint density at radius 2 is 1.79 bits per heavy atom. The monoisotopic (exact) mass is 390 g/mol. The first-order valence-corrected chi connectivity index (χ1v) is 9.96. The van der Waals surface area contributed by atoms with Gasteiger partial charge in [-0.05, 0) is 58.4 Å². The SMILES string of the molecule is Cc1ccc(-n2c(C)cc(C=Nn3cnc4sc(C)c(C)c4c3=O)c2C)cc1. The lowest BCUT2D eigenvalue weighted by molar-refractivity contribution is 0.817. The molecule has 3 heterocycles. The number of thiophene rings is 1. The quantitative estimate of drug-likeness (QED) is 0.477. The molecule has 0 unspecified atom stereocenters. The minimum Gasteiger partial charge on any atom is -0.318 e. The summed E-state index contributed by atoms with van der Waals surface area (Å²) in [6, 6.07) is 10.5. The Labute approximate surface area is 167 Å². The summed E-state index contributed by atoms with van der Waals surface area (Å²) >= 11 is 1.54. The molecule has 0 amide bonds. The normalized spacial score (nSPS) is 11.8. The van der Waals surface area contributed by atoms with Crippen LogP contribution in [0.4, 0.5) is 0 Å². The molecular weight excluding hydrogens is 368 g/mol. The van der Waals surface area contributed by atoms with Crippen LogP contribution >= 0.6 is 11.3 Å². The van der Waals surface area contributed by atoms with Crippen LogP contribution in [0.25, 0.3) is 15.9 Å². The van der Waals surface area contributed by atoms with E-state index >= 15 is 0 Å². The molecule has 3 aromatic heterocycles. The van der Waals surface area contributed by atoms with Crippen molar-refractivity contribution in [2.45, 2.75) is 34.6 Å². The lowest BCUT2D eigenvalue weighted by Gasteiger charge is -2.09. The van der Waals surface area contributed by atoms with E-state index in [4.69, 9.17) is 0 Å². The highest BCUT2D eigenvalue weighted by Crippen LogP contribution is 2.25. The molecule has 5 nitrogen and oxygen atoms in total. The van der Waals surface area contributed by atoms with E-state index in [1.165, 1.54) is 16.6 Å². The predicted octanol–water partition coefficient (Wildman–Crippen LogP) is 4.67. The summed E-state index contributed by atoms with van der Waals surface area (Å²) in [6.07, 6.45) is 3.23. The van der Waals surface area contributed by atoms with Crippen LogP contribution in [0.15, 0.2) is 46.6 Å². The molecule has 0 spiro atoms. The molecule has 142 valence electrons. The van der Waals surface area contributed by atoms with Gasteiger partial charge in [0.25, 0.3) is 5.56 Å². The summed E-state index contributed by atoms with van der Waals surface area (Å²) in [5, 5.41) is 5.07. The van der Waals surface area contributed by atoms with Gasteiger partial charge in [-0.25, -0.2) is 4.98 Å². The fraction of sp³-hybridized carbons (Fsp3) is 0.227. The van der Waals surface area contributed by atoms with Gasteiger partial charge < -0.3 is 4.57 Å².